The Labute approximate surface area is 162 Å². The van der Waals surface area contributed by atoms with Gasteiger partial charge in [0.1, 0.15) is 6.10 Å². The number of hydrogen-bond donors (Lipinski definition) is 1. The summed E-state index contributed by atoms with van der Waals surface area (Å²) in [6.45, 7) is 6.45. The normalized spacial score (nSPS) is 27.3. The summed E-state index contributed by atoms with van der Waals surface area (Å²) in [5.41, 5.74) is 0.690. The SMILES string of the molecule is Cc1cn([C@H]2C[C@@H]([C@H]3COC(C)(C)O3)N(Cc3ccccc3)O2)c(=O)[nH]c1=O. The van der Waals surface area contributed by atoms with Gasteiger partial charge in [-0.05, 0) is 26.3 Å². The first kappa shape index (κ1) is 19.1. The number of ether oxygens (including phenoxy) is 2. The minimum absolute atomic E-state index is 0.0916. The number of nitrogens with zero attached hydrogens (tertiary/aromatic N) is 2. The third-order valence-electron chi connectivity index (χ3n) is 5.17. The topological polar surface area (TPSA) is 85.8 Å². The second-order valence-corrected chi connectivity index (χ2v) is 7.77. The molecule has 150 valence electrons. The second-order valence-electron chi connectivity index (χ2n) is 7.77. The van der Waals surface area contributed by atoms with Crippen molar-refractivity contribution >= 4 is 0 Å². The number of benzene rings is 1. The number of H-pyrrole nitrogens is 1. The number of nitrogens with one attached hydrogen (secondary N) is 1. The number of rotatable bonds is 4. The van der Waals surface area contributed by atoms with Crippen molar-refractivity contribution in [2.75, 3.05) is 6.61 Å². The van der Waals surface area contributed by atoms with E-state index < -0.39 is 17.7 Å². The molecule has 2 aromatic rings. The van der Waals surface area contributed by atoms with Crippen molar-refractivity contribution in [3.8, 4) is 0 Å². The number of hydrogen-bond acceptors (Lipinski definition) is 6. The Balaban J connectivity index is 1.62. The van der Waals surface area contributed by atoms with Crippen LogP contribution in [0.5, 0.6) is 0 Å². The van der Waals surface area contributed by atoms with Crippen molar-refractivity contribution in [1.82, 2.24) is 14.6 Å². The van der Waals surface area contributed by atoms with Gasteiger partial charge in [-0.1, -0.05) is 30.3 Å². The largest absolute Gasteiger partial charge is 0.348 e. The van der Waals surface area contributed by atoms with E-state index in [0.717, 1.165) is 5.56 Å². The Morgan fingerprint density at radius 3 is 2.64 bits per heavy atom. The van der Waals surface area contributed by atoms with Gasteiger partial charge in [0.15, 0.2) is 12.0 Å². The van der Waals surface area contributed by atoms with E-state index in [1.165, 1.54) is 4.57 Å². The van der Waals surface area contributed by atoms with Crippen LogP contribution in [0.3, 0.4) is 0 Å². The van der Waals surface area contributed by atoms with Crippen molar-refractivity contribution < 1.29 is 14.3 Å². The molecule has 0 amide bonds. The fourth-order valence-corrected chi connectivity index (χ4v) is 3.73. The fourth-order valence-electron chi connectivity index (χ4n) is 3.73. The van der Waals surface area contributed by atoms with Crippen LogP contribution >= 0.6 is 0 Å². The molecule has 1 N–H and O–H groups in total. The molecule has 0 saturated carbocycles. The highest BCUT2D eigenvalue weighted by Crippen LogP contribution is 2.36. The number of hydroxylamine groups is 2. The van der Waals surface area contributed by atoms with E-state index in [1.807, 2.05) is 49.2 Å². The zero-order chi connectivity index (χ0) is 19.9. The molecule has 8 nitrogen and oxygen atoms in total. The van der Waals surface area contributed by atoms with Crippen LogP contribution < -0.4 is 11.2 Å². The highest BCUT2D eigenvalue weighted by Gasteiger charge is 2.45. The van der Waals surface area contributed by atoms with Gasteiger partial charge in [0.05, 0.1) is 12.6 Å². The fraction of sp³-hybridized carbons (Fsp3) is 0.500. The van der Waals surface area contributed by atoms with Gasteiger partial charge in [-0.15, -0.1) is 0 Å². The van der Waals surface area contributed by atoms with Gasteiger partial charge in [-0.3, -0.25) is 19.2 Å². The summed E-state index contributed by atoms with van der Waals surface area (Å²) in [5.74, 6) is -0.646. The van der Waals surface area contributed by atoms with Gasteiger partial charge in [0.25, 0.3) is 5.56 Å². The first-order valence-electron chi connectivity index (χ1n) is 9.43. The summed E-state index contributed by atoms with van der Waals surface area (Å²) in [7, 11) is 0. The summed E-state index contributed by atoms with van der Waals surface area (Å²) < 4.78 is 13.3. The van der Waals surface area contributed by atoms with Crippen LogP contribution in [0.1, 0.15) is 37.6 Å². The molecule has 0 bridgehead atoms. The predicted molar refractivity (Wildman–Crippen MR) is 101 cm³/mol. The second kappa shape index (κ2) is 7.29. The highest BCUT2D eigenvalue weighted by molar-refractivity contribution is 5.14. The molecule has 2 saturated heterocycles. The van der Waals surface area contributed by atoms with Crippen molar-refractivity contribution in [3.05, 3.63) is 68.5 Å². The van der Waals surface area contributed by atoms with E-state index in [0.29, 0.717) is 25.1 Å². The van der Waals surface area contributed by atoms with Crippen molar-refractivity contribution in [1.29, 1.82) is 0 Å². The smallest absolute Gasteiger partial charge is 0.330 e. The lowest BCUT2D eigenvalue weighted by atomic mass is 10.1. The van der Waals surface area contributed by atoms with E-state index in [2.05, 4.69) is 4.98 Å². The summed E-state index contributed by atoms with van der Waals surface area (Å²) in [6, 6.07) is 9.89. The molecule has 2 fully saturated rings. The Kier molecular flexibility index (Phi) is 4.96. The van der Waals surface area contributed by atoms with E-state index in [4.69, 9.17) is 14.3 Å². The molecule has 3 atom stereocenters. The van der Waals surface area contributed by atoms with E-state index in [1.54, 1.807) is 13.1 Å². The zero-order valence-electron chi connectivity index (χ0n) is 16.3. The molecule has 4 rings (SSSR count). The number of aromatic amines is 1. The third kappa shape index (κ3) is 3.81. The third-order valence-corrected chi connectivity index (χ3v) is 5.17. The number of aromatic nitrogens is 2. The summed E-state index contributed by atoms with van der Waals surface area (Å²) >= 11 is 0. The number of aryl methyl sites for hydroxylation is 1. The first-order valence-corrected chi connectivity index (χ1v) is 9.43. The Hall–Kier alpha value is -2.26. The average Bonchev–Trinajstić information content (AvgIpc) is 3.22. The molecular formula is C20H25N3O5. The maximum Gasteiger partial charge on any atom is 0.330 e. The molecule has 2 aliphatic heterocycles. The zero-order valence-corrected chi connectivity index (χ0v) is 16.3. The lowest BCUT2D eigenvalue weighted by Gasteiger charge is -2.27. The summed E-state index contributed by atoms with van der Waals surface area (Å²) in [6.07, 6.45) is 1.39. The lowest BCUT2D eigenvalue weighted by Crippen LogP contribution is -2.40. The van der Waals surface area contributed by atoms with Gasteiger partial charge in [-0.25, -0.2) is 4.79 Å². The van der Waals surface area contributed by atoms with Gasteiger partial charge in [0, 0.05) is 24.7 Å². The first-order chi connectivity index (χ1) is 13.3. The summed E-state index contributed by atoms with van der Waals surface area (Å²) in [5, 5.41) is 1.86. The molecule has 0 radical (unpaired) electrons. The molecule has 28 heavy (non-hydrogen) atoms. The van der Waals surface area contributed by atoms with Crippen LogP contribution in [0.25, 0.3) is 0 Å². The molecule has 0 aliphatic carbocycles. The van der Waals surface area contributed by atoms with Crippen LogP contribution in [0.4, 0.5) is 0 Å². The average molecular weight is 387 g/mol. The summed E-state index contributed by atoms with van der Waals surface area (Å²) in [4.78, 5) is 32.5. The molecule has 1 aromatic heterocycles. The van der Waals surface area contributed by atoms with Gasteiger partial charge in [-0.2, -0.15) is 5.06 Å². The Bertz CT molecular complexity index is 952. The molecule has 0 unspecified atom stereocenters. The van der Waals surface area contributed by atoms with E-state index in [-0.39, 0.29) is 17.7 Å². The molecular weight excluding hydrogens is 362 g/mol. The Morgan fingerprint density at radius 2 is 1.96 bits per heavy atom. The molecule has 3 heterocycles. The lowest BCUT2D eigenvalue weighted by molar-refractivity contribution is -0.209. The van der Waals surface area contributed by atoms with Crippen LogP contribution in [0, 0.1) is 6.92 Å². The van der Waals surface area contributed by atoms with Crippen LogP contribution in [0.15, 0.2) is 46.1 Å². The predicted octanol–water partition coefficient (Wildman–Crippen LogP) is 1.70. The standard InChI is InChI=1S/C20H25N3O5/c1-13-10-22(19(25)21-18(13)24)17-9-15(16-12-26-20(2,3)27-16)23(28-17)11-14-7-5-4-6-8-14/h4-8,10,15-17H,9,11-12H2,1-3H3,(H,21,24,25)/t15-,16+,17+/m0/s1. The maximum absolute atomic E-state index is 12.3. The maximum atomic E-state index is 12.3. The minimum Gasteiger partial charge on any atom is -0.348 e. The monoisotopic (exact) mass is 387 g/mol. The molecule has 0 spiro atoms. The van der Waals surface area contributed by atoms with Crippen molar-refractivity contribution in [3.63, 3.8) is 0 Å². The molecule has 2 aliphatic rings. The van der Waals surface area contributed by atoms with Gasteiger partial charge >= 0.3 is 5.69 Å². The van der Waals surface area contributed by atoms with E-state index >= 15 is 0 Å². The van der Waals surface area contributed by atoms with Gasteiger partial charge < -0.3 is 9.47 Å². The molecule has 8 heteroatoms. The van der Waals surface area contributed by atoms with Crippen molar-refractivity contribution in [2.45, 2.75) is 57.9 Å². The molecule has 1 aromatic carbocycles. The van der Waals surface area contributed by atoms with Gasteiger partial charge in [0.2, 0.25) is 0 Å². The van der Waals surface area contributed by atoms with Crippen LogP contribution in [0.2, 0.25) is 0 Å². The highest BCUT2D eigenvalue weighted by atomic mass is 16.8. The Morgan fingerprint density at radius 1 is 1.21 bits per heavy atom. The van der Waals surface area contributed by atoms with E-state index in [9.17, 15) is 9.59 Å². The quantitative estimate of drug-likeness (QED) is 0.860. The minimum atomic E-state index is -0.646. The van der Waals surface area contributed by atoms with Crippen LogP contribution in [-0.4, -0.2) is 39.2 Å². The van der Waals surface area contributed by atoms with Crippen molar-refractivity contribution in [2.24, 2.45) is 0 Å². The van der Waals surface area contributed by atoms with Crippen LogP contribution in [-0.2, 0) is 20.9 Å².